The first-order valence-corrected chi connectivity index (χ1v) is 6.89. The molecular weight excluding hydrogens is 232 g/mol. The van der Waals surface area contributed by atoms with E-state index in [-0.39, 0.29) is 24.1 Å². The molecule has 1 saturated heterocycles. The molecule has 16 heavy (non-hydrogen) atoms. The number of hydrogen-bond acceptors (Lipinski definition) is 4. The molecule has 7 heteroatoms. The molecule has 0 bridgehead atoms. The lowest BCUT2D eigenvalue weighted by molar-refractivity contribution is -0.136. The van der Waals surface area contributed by atoms with Gasteiger partial charge in [-0.3, -0.25) is 4.79 Å². The first kappa shape index (κ1) is 13.4. The molecule has 94 valence electrons. The SMILES string of the molecule is CC(N)C1CCN(S(=O)(=O)CCC(=O)O)C1. The van der Waals surface area contributed by atoms with E-state index < -0.39 is 16.0 Å². The van der Waals surface area contributed by atoms with Crippen LogP contribution in [0.25, 0.3) is 0 Å². The third kappa shape index (κ3) is 3.43. The summed E-state index contributed by atoms with van der Waals surface area (Å²) < 4.78 is 24.8. The lowest BCUT2D eigenvalue weighted by Crippen LogP contribution is -2.34. The summed E-state index contributed by atoms with van der Waals surface area (Å²) in [5, 5.41) is 8.46. The molecule has 1 rings (SSSR count). The van der Waals surface area contributed by atoms with Crippen molar-refractivity contribution in [3.8, 4) is 0 Å². The second-order valence-corrected chi connectivity index (χ2v) is 6.31. The van der Waals surface area contributed by atoms with Gasteiger partial charge in [0.05, 0.1) is 12.2 Å². The number of carbonyl (C=O) groups is 1. The monoisotopic (exact) mass is 250 g/mol. The summed E-state index contributed by atoms with van der Waals surface area (Å²) in [7, 11) is -3.42. The van der Waals surface area contributed by atoms with Gasteiger partial charge < -0.3 is 10.8 Å². The van der Waals surface area contributed by atoms with Gasteiger partial charge in [0.1, 0.15) is 0 Å². The number of carboxylic acids is 1. The normalized spacial score (nSPS) is 24.5. The Morgan fingerprint density at radius 2 is 2.25 bits per heavy atom. The molecule has 0 aromatic carbocycles. The van der Waals surface area contributed by atoms with E-state index >= 15 is 0 Å². The largest absolute Gasteiger partial charge is 0.481 e. The highest BCUT2D eigenvalue weighted by molar-refractivity contribution is 7.89. The summed E-state index contributed by atoms with van der Waals surface area (Å²) in [5.74, 6) is -1.24. The van der Waals surface area contributed by atoms with E-state index in [9.17, 15) is 13.2 Å². The van der Waals surface area contributed by atoms with Crippen molar-refractivity contribution in [2.24, 2.45) is 11.7 Å². The minimum Gasteiger partial charge on any atom is -0.481 e. The van der Waals surface area contributed by atoms with Gasteiger partial charge in [0.2, 0.25) is 10.0 Å². The molecule has 6 nitrogen and oxygen atoms in total. The van der Waals surface area contributed by atoms with Gasteiger partial charge in [-0.15, -0.1) is 0 Å². The topological polar surface area (TPSA) is 101 Å². The molecule has 1 heterocycles. The highest BCUT2D eigenvalue weighted by Gasteiger charge is 2.32. The Labute approximate surface area is 95.5 Å². The van der Waals surface area contributed by atoms with Crippen molar-refractivity contribution in [2.45, 2.75) is 25.8 Å². The Morgan fingerprint density at radius 3 is 2.69 bits per heavy atom. The first-order chi connectivity index (χ1) is 7.33. The van der Waals surface area contributed by atoms with Crippen LogP contribution in [0, 0.1) is 5.92 Å². The molecule has 3 N–H and O–H groups in total. The Bertz CT molecular complexity index is 353. The number of nitrogens with zero attached hydrogens (tertiary/aromatic N) is 1. The molecule has 2 atom stereocenters. The minimum atomic E-state index is -3.42. The van der Waals surface area contributed by atoms with E-state index in [1.165, 1.54) is 4.31 Å². The van der Waals surface area contributed by atoms with E-state index in [1.54, 1.807) is 0 Å². The fourth-order valence-corrected chi connectivity index (χ4v) is 3.27. The van der Waals surface area contributed by atoms with Crippen LogP contribution in [0.3, 0.4) is 0 Å². The van der Waals surface area contributed by atoms with E-state index in [0.29, 0.717) is 13.1 Å². The third-order valence-electron chi connectivity index (χ3n) is 2.90. The summed E-state index contributed by atoms with van der Waals surface area (Å²) in [6, 6.07) is -0.0281. The molecule has 0 spiro atoms. The molecule has 0 amide bonds. The van der Waals surface area contributed by atoms with Crippen molar-refractivity contribution in [3.63, 3.8) is 0 Å². The van der Waals surface area contributed by atoms with Gasteiger partial charge in [0, 0.05) is 19.1 Å². The van der Waals surface area contributed by atoms with Crippen LogP contribution in [0.5, 0.6) is 0 Å². The Balaban J connectivity index is 2.55. The van der Waals surface area contributed by atoms with Gasteiger partial charge >= 0.3 is 5.97 Å². The summed E-state index contributed by atoms with van der Waals surface area (Å²) in [4.78, 5) is 10.3. The van der Waals surface area contributed by atoms with Crippen molar-refractivity contribution >= 4 is 16.0 Å². The van der Waals surface area contributed by atoms with Crippen molar-refractivity contribution in [2.75, 3.05) is 18.8 Å². The maximum absolute atomic E-state index is 11.7. The summed E-state index contributed by atoms with van der Waals surface area (Å²) in [6.07, 6.45) is 0.408. The Morgan fingerprint density at radius 1 is 1.62 bits per heavy atom. The molecule has 0 saturated carbocycles. The van der Waals surface area contributed by atoms with Crippen molar-refractivity contribution in [1.82, 2.24) is 4.31 Å². The Hall–Kier alpha value is -0.660. The summed E-state index contributed by atoms with van der Waals surface area (Å²) in [6.45, 7) is 2.73. The van der Waals surface area contributed by atoms with E-state index in [1.807, 2.05) is 6.92 Å². The van der Waals surface area contributed by atoms with Crippen LogP contribution in [-0.2, 0) is 14.8 Å². The van der Waals surface area contributed by atoms with E-state index in [0.717, 1.165) is 6.42 Å². The van der Waals surface area contributed by atoms with Crippen LogP contribution >= 0.6 is 0 Å². The van der Waals surface area contributed by atoms with Crippen molar-refractivity contribution in [3.05, 3.63) is 0 Å². The number of aliphatic carboxylic acids is 1. The fourth-order valence-electron chi connectivity index (χ4n) is 1.78. The number of hydrogen-bond donors (Lipinski definition) is 2. The van der Waals surface area contributed by atoms with Gasteiger partial charge in [-0.1, -0.05) is 0 Å². The van der Waals surface area contributed by atoms with Gasteiger partial charge in [-0.25, -0.2) is 12.7 Å². The second kappa shape index (κ2) is 5.11. The molecular formula is C9H18N2O4S. The average molecular weight is 250 g/mol. The molecule has 1 fully saturated rings. The zero-order valence-corrected chi connectivity index (χ0v) is 10.1. The Kier molecular flexibility index (Phi) is 4.28. The number of nitrogens with two attached hydrogens (primary N) is 1. The molecule has 0 radical (unpaired) electrons. The predicted octanol–water partition coefficient (Wildman–Crippen LogP) is -0.540. The predicted molar refractivity (Wildman–Crippen MR) is 59.4 cm³/mol. The molecule has 1 aliphatic heterocycles. The zero-order chi connectivity index (χ0) is 12.3. The second-order valence-electron chi connectivity index (χ2n) is 4.23. The van der Waals surface area contributed by atoms with E-state index in [4.69, 9.17) is 10.8 Å². The molecule has 0 aliphatic carbocycles. The summed E-state index contributed by atoms with van der Waals surface area (Å²) >= 11 is 0. The minimum absolute atomic E-state index is 0.0281. The third-order valence-corrected chi connectivity index (χ3v) is 4.74. The zero-order valence-electron chi connectivity index (χ0n) is 9.30. The van der Waals surface area contributed by atoms with Crippen LogP contribution in [-0.4, -0.2) is 48.7 Å². The molecule has 0 aromatic rings. The quantitative estimate of drug-likeness (QED) is 0.682. The lowest BCUT2D eigenvalue weighted by atomic mass is 10.0. The van der Waals surface area contributed by atoms with Gasteiger partial charge in [-0.2, -0.15) is 0 Å². The van der Waals surface area contributed by atoms with Crippen molar-refractivity contribution in [1.29, 1.82) is 0 Å². The van der Waals surface area contributed by atoms with Gasteiger partial charge in [0.15, 0.2) is 0 Å². The van der Waals surface area contributed by atoms with Crippen LogP contribution in [0.4, 0.5) is 0 Å². The number of carboxylic acid groups (broad SMARTS) is 1. The fraction of sp³-hybridized carbons (Fsp3) is 0.889. The lowest BCUT2D eigenvalue weighted by Gasteiger charge is -2.17. The number of sulfonamides is 1. The highest BCUT2D eigenvalue weighted by atomic mass is 32.2. The van der Waals surface area contributed by atoms with Gasteiger partial charge in [-0.05, 0) is 19.3 Å². The first-order valence-electron chi connectivity index (χ1n) is 5.28. The molecule has 1 aliphatic rings. The van der Waals surface area contributed by atoms with Crippen LogP contribution < -0.4 is 5.73 Å². The summed E-state index contributed by atoms with van der Waals surface area (Å²) in [5.41, 5.74) is 5.71. The standard InChI is InChI=1S/C9H18N2O4S/c1-7(10)8-2-4-11(6-8)16(14,15)5-3-9(12)13/h7-8H,2-6,10H2,1H3,(H,12,13). The van der Waals surface area contributed by atoms with E-state index in [2.05, 4.69) is 0 Å². The molecule has 2 unspecified atom stereocenters. The van der Waals surface area contributed by atoms with Gasteiger partial charge in [0.25, 0.3) is 0 Å². The van der Waals surface area contributed by atoms with Crippen molar-refractivity contribution < 1.29 is 18.3 Å². The van der Waals surface area contributed by atoms with Crippen LogP contribution in [0.15, 0.2) is 0 Å². The van der Waals surface area contributed by atoms with Crippen LogP contribution in [0.2, 0.25) is 0 Å². The van der Waals surface area contributed by atoms with Crippen LogP contribution in [0.1, 0.15) is 19.8 Å². The number of rotatable bonds is 5. The highest BCUT2D eigenvalue weighted by Crippen LogP contribution is 2.21. The molecule has 0 aromatic heterocycles. The maximum Gasteiger partial charge on any atom is 0.304 e. The maximum atomic E-state index is 11.7. The smallest absolute Gasteiger partial charge is 0.304 e. The average Bonchev–Trinajstić information content (AvgIpc) is 2.64.